The van der Waals surface area contributed by atoms with Crippen molar-refractivity contribution in [3.8, 4) is 0 Å². The maximum absolute atomic E-state index is 12.6. The fourth-order valence-electron chi connectivity index (χ4n) is 2.76. The van der Waals surface area contributed by atoms with Gasteiger partial charge in [0.15, 0.2) is 0 Å². The highest BCUT2D eigenvalue weighted by atomic mass is 35.5. The summed E-state index contributed by atoms with van der Waals surface area (Å²) < 4.78 is 2.20. The van der Waals surface area contributed by atoms with Crippen LogP contribution in [-0.4, -0.2) is 20.6 Å². The average Bonchev–Trinajstić information content (AvgIpc) is 2.57. The van der Waals surface area contributed by atoms with Crippen molar-refractivity contribution in [2.45, 2.75) is 0 Å². The molecule has 1 N–H and O–H groups in total. The summed E-state index contributed by atoms with van der Waals surface area (Å²) in [6.45, 7) is -0.0988. The Morgan fingerprint density at radius 1 is 1.17 bits per heavy atom. The Morgan fingerprint density at radius 2 is 1.79 bits per heavy atom. The second-order valence-corrected chi connectivity index (χ2v) is 5.81. The van der Waals surface area contributed by atoms with Gasteiger partial charge in [0.05, 0.1) is 16.1 Å². The quantitative estimate of drug-likeness (QED) is 0.649. The van der Waals surface area contributed by atoms with Crippen LogP contribution in [0.15, 0.2) is 39.6 Å². The van der Waals surface area contributed by atoms with E-state index in [0.717, 1.165) is 4.57 Å². The zero-order valence-electron chi connectivity index (χ0n) is 12.9. The van der Waals surface area contributed by atoms with Gasteiger partial charge in [-0.05, 0) is 17.7 Å². The van der Waals surface area contributed by atoms with Crippen LogP contribution in [0.1, 0.15) is 11.1 Å². The van der Waals surface area contributed by atoms with Gasteiger partial charge in [0.2, 0.25) is 0 Å². The van der Waals surface area contributed by atoms with E-state index in [9.17, 15) is 19.7 Å². The number of hydrogen-bond acceptors (Lipinski definition) is 5. The van der Waals surface area contributed by atoms with Crippen LogP contribution in [0.3, 0.4) is 0 Å². The Kier molecular flexibility index (Phi) is 3.76. The standard InChI is InChI=1S/C15H13ClN4O4/c1-18-13-12(14(21)19(2)15(18)22)11(10(7-17-13)20(23)24)8-3-5-9(16)6-4-8/h3-6,17H,7H2,1-2H3. The fraction of sp³-hybridized carbons (Fsp3) is 0.200. The molecule has 0 radical (unpaired) electrons. The van der Waals surface area contributed by atoms with Gasteiger partial charge in [-0.25, -0.2) is 4.79 Å². The topological polar surface area (TPSA) is 99.2 Å². The molecule has 0 amide bonds. The summed E-state index contributed by atoms with van der Waals surface area (Å²) in [6, 6.07) is 6.41. The van der Waals surface area contributed by atoms with Gasteiger partial charge in [0.25, 0.3) is 11.3 Å². The minimum Gasteiger partial charge on any atom is -0.360 e. The maximum atomic E-state index is 12.6. The molecular weight excluding hydrogens is 336 g/mol. The Hall–Kier alpha value is -2.87. The monoisotopic (exact) mass is 348 g/mol. The predicted molar refractivity (Wildman–Crippen MR) is 89.9 cm³/mol. The van der Waals surface area contributed by atoms with Gasteiger partial charge in [0.1, 0.15) is 12.4 Å². The molecule has 0 saturated carbocycles. The molecule has 124 valence electrons. The van der Waals surface area contributed by atoms with Gasteiger partial charge in [-0.15, -0.1) is 0 Å². The first-order valence-electron chi connectivity index (χ1n) is 7.00. The van der Waals surface area contributed by atoms with Gasteiger partial charge < -0.3 is 5.32 Å². The van der Waals surface area contributed by atoms with Crippen molar-refractivity contribution in [2.24, 2.45) is 14.1 Å². The third-order valence-corrected chi connectivity index (χ3v) is 4.23. The number of halogens is 1. The third kappa shape index (κ3) is 2.31. The van der Waals surface area contributed by atoms with Gasteiger partial charge >= 0.3 is 5.69 Å². The van der Waals surface area contributed by atoms with Gasteiger partial charge in [-0.1, -0.05) is 23.7 Å². The van der Waals surface area contributed by atoms with E-state index in [2.05, 4.69) is 5.32 Å². The van der Waals surface area contributed by atoms with Crippen LogP contribution in [0, 0.1) is 10.1 Å². The summed E-state index contributed by atoms with van der Waals surface area (Å²) >= 11 is 5.88. The number of anilines is 1. The Balaban J connectivity index is 2.44. The van der Waals surface area contributed by atoms with E-state index >= 15 is 0 Å². The zero-order chi connectivity index (χ0) is 17.6. The first kappa shape index (κ1) is 16.0. The molecule has 1 aromatic carbocycles. The third-order valence-electron chi connectivity index (χ3n) is 3.98. The van der Waals surface area contributed by atoms with Crippen LogP contribution < -0.4 is 16.6 Å². The van der Waals surface area contributed by atoms with E-state index in [-0.39, 0.29) is 29.2 Å². The highest BCUT2D eigenvalue weighted by molar-refractivity contribution is 6.30. The molecule has 1 aliphatic rings. The average molecular weight is 349 g/mol. The first-order chi connectivity index (χ1) is 11.3. The van der Waals surface area contributed by atoms with E-state index in [1.807, 2.05) is 0 Å². The lowest BCUT2D eigenvalue weighted by Crippen LogP contribution is -2.42. The Morgan fingerprint density at radius 3 is 2.38 bits per heavy atom. The zero-order valence-corrected chi connectivity index (χ0v) is 13.6. The highest BCUT2D eigenvalue weighted by Crippen LogP contribution is 2.33. The van der Waals surface area contributed by atoms with Crippen LogP contribution in [0.25, 0.3) is 5.57 Å². The Labute approximate surface area is 140 Å². The van der Waals surface area contributed by atoms with Crippen molar-refractivity contribution in [3.63, 3.8) is 0 Å². The molecule has 2 heterocycles. The molecule has 0 bridgehead atoms. The second-order valence-electron chi connectivity index (χ2n) is 5.37. The van der Waals surface area contributed by atoms with Crippen LogP contribution in [0.4, 0.5) is 5.82 Å². The number of aromatic nitrogens is 2. The minimum atomic E-state index is -0.593. The summed E-state index contributed by atoms with van der Waals surface area (Å²) in [5.41, 5.74) is -0.456. The van der Waals surface area contributed by atoms with Crippen LogP contribution >= 0.6 is 11.6 Å². The van der Waals surface area contributed by atoms with E-state index in [1.165, 1.54) is 18.7 Å². The minimum absolute atomic E-state index is 0.0971. The number of benzene rings is 1. The van der Waals surface area contributed by atoms with E-state index < -0.39 is 16.2 Å². The summed E-state index contributed by atoms with van der Waals surface area (Å²) in [5.74, 6) is 0.263. The van der Waals surface area contributed by atoms with Crippen LogP contribution in [0.5, 0.6) is 0 Å². The molecule has 1 aliphatic heterocycles. The molecule has 0 spiro atoms. The van der Waals surface area contributed by atoms with Crippen molar-refractivity contribution in [1.82, 2.24) is 9.13 Å². The van der Waals surface area contributed by atoms with E-state index in [1.54, 1.807) is 24.3 Å². The summed E-state index contributed by atoms with van der Waals surface area (Å²) in [6.07, 6.45) is 0. The SMILES string of the molecule is Cn1c2c(c(=O)n(C)c1=O)C(c1ccc(Cl)cc1)=C([N+](=O)[O-])CN2. The largest absolute Gasteiger partial charge is 0.360 e. The molecule has 0 fully saturated rings. The molecule has 3 rings (SSSR count). The lowest BCUT2D eigenvalue weighted by atomic mass is 9.94. The normalized spacial score (nSPS) is 13.5. The molecule has 9 heteroatoms. The van der Waals surface area contributed by atoms with E-state index in [4.69, 9.17) is 11.6 Å². The number of nitro groups is 1. The highest BCUT2D eigenvalue weighted by Gasteiger charge is 2.32. The number of nitrogens with one attached hydrogen (secondary N) is 1. The molecule has 0 saturated heterocycles. The van der Waals surface area contributed by atoms with Crippen molar-refractivity contribution in [3.05, 3.63) is 77.1 Å². The van der Waals surface area contributed by atoms with Crippen molar-refractivity contribution in [1.29, 1.82) is 0 Å². The molecule has 2 aromatic rings. The molecule has 0 unspecified atom stereocenters. The number of fused-ring (bicyclic) bond motifs is 1. The summed E-state index contributed by atoms with van der Waals surface area (Å²) in [4.78, 5) is 35.7. The van der Waals surface area contributed by atoms with E-state index in [0.29, 0.717) is 10.6 Å². The molecule has 0 aliphatic carbocycles. The van der Waals surface area contributed by atoms with Crippen molar-refractivity contribution < 1.29 is 4.92 Å². The van der Waals surface area contributed by atoms with Crippen LogP contribution in [-0.2, 0) is 14.1 Å². The first-order valence-corrected chi connectivity index (χ1v) is 7.38. The smallest absolute Gasteiger partial charge is 0.332 e. The van der Waals surface area contributed by atoms with Crippen LogP contribution in [0.2, 0.25) is 5.02 Å². The Bertz CT molecular complexity index is 1000. The molecule has 8 nitrogen and oxygen atoms in total. The summed E-state index contributed by atoms with van der Waals surface area (Å²) in [7, 11) is 2.84. The molecule has 0 atom stereocenters. The number of rotatable bonds is 2. The van der Waals surface area contributed by atoms with Gasteiger partial charge in [-0.2, -0.15) is 0 Å². The number of hydrogen-bond donors (Lipinski definition) is 1. The van der Waals surface area contributed by atoms with Gasteiger partial charge in [0, 0.05) is 19.1 Å². The second kappa shape index (κ2) is 5.64. The molecular formula is C15H13ClN4O4. The number of nitrogens with zero attached hydrogens (tertiary/aromatic N) is 3. The van der Waals surface area contributed by atoms with Gasteiger partial charge in [-0.3, -0.25) is 24.0 Å². The van der Waals surface area contributed by atoms with Crippen molar-refractivity contribution in [2.75, 3.05) is 11.9 Å². The molecule has 1 aromatic heterocycles. The lowest BCUT2D eigenvalue weighted by Gasteiger charge is -2.22. The van der Waals surface area contributed by atoms with Crippen molar-refractivity contribution >= 4 is 23.0 Å². The lowest BCUT2D eigenvalue weighted by molar-refractivity contribution is -0.423. The molecule has 24 heavy (non-hydrogen) atoms. The maximum Gasteiger partial charge on any atom is 0.332 e. The predicted octanol–water partition coefficient (Wildman–Crippen LogP) is 1.20. The fourth-order valence-corrected chi connectivity index (χ4v) is 2.89. The summed E-state index contributed by atoms with van der Waals surface area (Å²) in [5, 5.41) is 14.7.